The second-order valence-electron chi connectivity index (χ2n) is 7.26. The Bertz CT molecular complexity index is 909. The van der Waals surface area contributed by atoms with Crippen molar-refractivity contribution < 1.29 is 23.0 Å². The van der Waals surface area contributed by atoms with Crippen molar-refractivity contribution in [3.63, 3.8) is 0 Å². The first-order valence-corrected chi connectivity index (χ1v) is 10.5. The molecule has 0 radical (unpaired) electrons. The molecule has 33 heavy (non-hydrogen) atoms. The average molecular weight is 576 g/mol. The highest BCUT2D eigenvalue weighted by molar-refractivity contribution is 14.0. The molecule has 0 unspecified atom stereocenters. The number of benzene rings is 2. The standard InChI is InChI=1S/C23H30F2N4O3.HI/c1-26-23(27-10-9-17-7-8-20(31-3)21(15-17)32-22(24)25)29-13-11-28(12-14-29)18-5-4-6-19(16-18)30-2;/h4-8,15-16,22H,9-14H2,1-3H3,(H,26,27);1H. The molecule has 1 heterocycles. The molecule has 182 valence electrons. The van der Waals surface area contributed by atoms with E-state index in [1.807, 2.05) is 24.3 Å². The number of rotatable bonds is 8. The Morgan fingerprint density at radius 2 is 1.79 bits per heavy atom. The third kappa shape index (κ3) is 7.51. The molecule has 0 aromatic heterocycles. The third-order valence-electron chi connectivity index (χ3n) is 5.35. The molecule has 0 spiro atoms. The summed E-state index contributed by atoms with van der Waals surface area (Å²) in [6.07, 6.45) is 0.631. The van der Waals surface area contributed by atoms with Gasteiger partial charge in [-0.05, 0) is 36.2 Å². The predicted octanol–water partition coefficient (Wildman–Crippen LogP) is 3.86. The monoisotopic (exact) mass is 576 g/mol. The van der Waals surface area contributed by atoms with Crippen molar-refractivity contribution in [1.29, 1.82) is 0 Å². The van der Waals surface area contributed by atoms with Gasteiger partial charge in [-0.15, -0.1) is 24.0 Å². The van der Waals surface area contributed by atoms with Gasteiger partial charge in [0.25, 0.3) is 0 Å². The molecule has 2 aromatic carbocycles. The smallest absolute Gasteiger partial charge is 0.387 e. The van der Waals surface area contributed by atoms with E-state index in [4.69, 9.17) is 9.47 Å². The van der Waals surface area contributed by atoms with Crippen LogP contribution in [-0.4, -0.2) is 71.5 Å². The minimum Gasteiger partial charge on any atom is -0.497 e. The molecule has 0 atom stereocenters. The summed E-state index contributed by atoms with van der Waals surface area (Å²) in [5.41, 5.74) is 2.01. The quantitative estimate of drug-likeness (QED) is 0.293. The molecule has 0 bridgehead atoms. The van der Waals surface area contributed by atoms with Crippen LogP contribution in [0.3, 0.4) is 0 Å². The highest BCUT2D eigenvalue weighted by Gasteiger charge is 2.20. The normalized spacial score (nSPS) is 14.1. The Morgan fingerprint density at radius 3 is 2.42 bits per heavy atom. The summed E-state index contributed by atoms with van der Waals surface area (Å²) < 4.78 is 40.2. The topological polar surface area (TPSA) is 58.6 Å². The molecule has 1 aliphatic rings. The van der Waals surface area contributed by atoms with Gasteiger partial charge in [0, 0.05) is 51.5 Å². The average Bonchev–Trinajstić information content (AvgIpc) is 2.82. The molecule has 1 fully saturated rings. The van der Waals surface area contributed by atoms with E-state index in [9.17, 15) is 8.78 Å². The highest BCUT2D eigenvalue weighted by atomic mass is 127. The number of methoxy groups -OCH3 is 2. The number of piperazine rings is 1. The van der Waals surface area contributed by atoms with Crippen LogP contribution in [0.4, 0.5) is 14.5 Å². The number of anilines is 1. The van der Waals surface area contributed by atoms with Crippen LogP contribution in [-0.2, 0) is 6.42 Å². The molecule has 0 aliphatic carbocycles. The first-order chi connectivity index (χ1) is 15.5. The van der Waals surface area contributed by atoms with Gasteiger partial charge in [0.1, 0.15) is 5.75 Å². The molecule has 0 saturated carbocycles. The first-order valence-electron chi connectivity index (χ1n) is 10.5. The SMILES string of the molecule is CN=C(NCCc1ccc(OC)c(OC(F)F)c1)N1CCN(c2cccc(OC)c2)CC1.I. The van der Waals surface area contributed by atoms with E-state index in [2.05, 4.69) is 30.9 Å². The lowest BCUT2D eigenvalue weighted by molar-refractivity contribution is -0.0512. The first kappa shape index (κ1) is 26.7. The number of ether oxygens (including phenoxy) is 3. The van der Waals surface area contributed by atoms with Gasteiger partial charge in [-0.3, -0.25) is 4.99 Å². The zero-order valence-corrected chi connectivity index (χ0v) is 21.4. The second-order valence-corrected chi connectivity index (χ2v) is 7.26. The fourth-order valence-electron chi connectivity index (χ4n) is 3.70. The van der Waals surface area contributed by atoms with Crippen molar-refractivity contribution in [2.75, 3.05) is 58.9 Å². The largest absolute Gasteiger partial charge is 0.497 e. The molecule has 1 N–H and O–H groups in total. The number of halogens is 3. The molecule has 3 rings (SSSR count). The number of guanidine groups is 1. The van der Waals surface area contributed by atoms with Gasteiger partial charge in [-0.2, -0.15) is 8.78 Å². The van der Waals surface area contributed by atoms with Gasteiger partial charge in [0.2, 0.25) is 0 Å². The van der Waals surface area contributed by atoms with Crippen LogP contribution in [0.15, 0.2) is 47.5 Å². The lowest BCUT2D eigenvalue weighted by Crippen LogP contribution is -2.52. The summed E-state index contributed by atoms with van der Waals surface area (Å²) in [6.45, 7) is 1.15. The Labute approximate surface area is 210 Å². The number of hydrogen-bond donors (Lipinski definition) is 1. The van der Waals surface area contributed by atoms with E-state index >= 15 is 0 Å². The highest BCUT2D eigenvalue weighted by Crippen LogP contribution is 2.29. The fourth-order valence-corrected chi connectivity index (χ4v) is 3.70. The molecule has 2 aromatic rings. The maximum Gasteiger partial charge on any atom is 0.387 e. The number of aliphatic imine (C=N–C) groups is 1. The summed E-state index contributed by atoms with van der Waals surface area (Å²) in [6, 6.07) is 13.1. The molecule has 1 aliphatic heterocycles. The zero-order chi connectivity index (χ0) is 22.9. The zero-order valence-electron chi connectivity index (χ0n) is 19.1. The molecular weight excluding hydrogens is 545 g/mol. The third-order valence-corrected chi connectivity index (χ3v) is 5.35. The lowest BCUT2D eigenvalue weighted by Gasteiger charge is -2.37. The van der Waals surface area contributed by atoms with Gasteiger partial charge >= 0.3 is 6.61 Å². The van der Waals surface area contributed by atoms with Crippen molar-refractivity contribution in [2.45, 2.75) is 13.0 Å². The molecule has 7 nitrogen and oxygen atoms in total. The Balaban J connectivity index is 0.00000385. The van der Waals surface area contributed by atoms with Crippen molar-refractivity contribution in [3.8, 4) is 17.2 Å². The van der Waals surface area contributed by atoms with Gasteiger partial charge in [-0.1, -0.05) is 12.1 Å². The Kier molecular flexibility index (Phi) is 10.8. The number of nitrogens with zero attached hydrogens (tertiary/aromatic N) is 3. The van der Waals surface area contributed by atoms with Gasteiger partial charge in [-0.25, -0.2) is 0 Å². The summed E-state index contributed by atoms with van der Waals surface area (Å²) in [4.78, 5) is 8.95. The fraction of sp³-hybridized carbons (Fsp3) is 0.435. The van der Waals surface area contributed by atoms with Gasteiger partial charge < -0.3 is 29.3 Å². The minimum atomic E-state index is -2.90. The Morgan fingerprint density at radius 1 is 1.03 bits per heavy atom. The molecule has 1 saturated heterocycles. The molecule has 10 heteroatoms. The second kappa shape index (κ2) is 13.3. The van der Waals surface area contributed by atoms with E-state index in [-0.39, 0.29) is 35.5 Å². The predicted molar refractivity (Wildman–Crippen MR) is 137 cm³/mol. The molecule has 0 amide bonds. The van der Waals surface area contributed by atoms with Crippen LogP contribution < -0.4 is 24.4 Å². The van der Waals surface area contributed by atoms with E-state index in [0.29, 0.717) is 13.0 Å². The Hall–Kier alpha value is -2.50. The maximum atomic E-state index is 12.6. The van der Waals surface area contributed by atoms with Crippen LogP contribution in [0.5, 0.6) is 17.2 Å². The summed E-state index contributed by atoms with van der Waals surface area (Å²) in [7, 11) is 4.86. The van der Waals surface area contributed by atoms with Crippen LogP contribution in [0, 0.1) is 0 Å². The van der Waals surface area contributed by atoms with E-state index < -0.39 is 6.61 Å². The van der Waals surface area contributed by atoms with Crippen molar-refractivity contribution in [2.24, 2.45) is 4.99 Å². The van der Waals surface area contributed by atoms with Gasteiger partial charge in [0.05, 0.1) is 14.2 Å². The van der Waals surface area contributed by atoms with Crippen LogP contribution in [0.25, 0.3) is 0 Å². The van der Waals surface area contributed by atoms with Gasteiger partial charge in [0.15, 0.2) is 17.5 Å². The summed E-state index contributed by atoms with van der Waals surface area (Å²) in [5, 5.41) is 3.37. The van der Waals surface area contributed by atoms with Crippen LogP contribution in [0.1, 0.15) is 5.56 Å². The number of alkyl halides is 2. The maximum absolute atomic E-state index is 12.6. The minimum absolute atomic E-state index is 0. The van der Waals surface area contributed by atoms with Crippen LogP contribution in [0.2, 0.25) is 0 Å². The van der Waals surface area contributed by atoms with Crippen molar-refractivity contribution >= 4 is 35.6 Å². The lowest BCUT2D eigenvalue weighted by atomic mass is 10.1. The van der Waals surface area contributed by atoms with E-state index in [1.54, 1.807) is 26.3 Å². The number of nitrogens with one attached hydrogen (secondary N) is 1. The molecular formula is C23H31F2IN4O3. The van der Waals surface area contributed by atoms with Crippen LogP contribution >= 0.6 is 24.0 Å². The number of hydrogen-bond acceptors (Lipinski definition) is 5. The summed E-state index contributed by atoms with van der Waals surface area (Å²) >= 11 is 0. The van der Waals surface area contributed by atoms with E-state index in [0.717, 1.165) is 49.1 Å². The van der Waals surface area contributed by atoms with E-state index in [1.165, 1.54) is 7.11 Å². The summed E-state index contributed by atoms with van der Waals surface area (Å²) in [5.74, 6) is 2.00. The van der Waals surface area contributed by atoms with Crippen molar-refractivity contribution in [1.82, 2.24) is 10.2 Å². The van der Waals surface area contributed by atoms with Crippen molar-refractivity contribution in [3.05, 3.63) is 48.0 Å².